The predicted octanol–water partition coefficient (Wildman–Crippen LogP) is 6.53. The number of carboxylic acids is 1. The maximum Gasteiger partial charge on any atom is 0.414 e. The van der Waals surface area contributed by atoms with Gasteiger partial charge in [-0.3, -0.25) is 24.7 Å². The van der Waals surface area contributed by atoms with Gasteiger partial charge in [-0.2, -0.15) is 0 Å². The van der Waals surface area contributed by atoms with Gasteiger partial charge in [0, 0.05) is 29.8 Å². The first-order valence-electron chi connectivity index (χ1n) is 18.4. The average Bonchev–Trinajstić information content (AvgIpc) is 4.01. The third-order valence-electron chi connectivity index (χ3n) is 8.44. The number of urea groups is 1. The fourth-order valence-corrected chi connectivity index (χ4v) is 7.40. The number of aliphatic carboxylic acids is 1. The first-order chi connectivity index (χ1) is 28.5. The lowest BCUT2D eigenvalue weighted by Gasteiger charge is -2.26. The molecule has 4 aromatic rings. The van der Waals surface area contributed by atoms with Crippen molar-refractivity contribution in [2.24, 2.45) is 0 Å². The SMILES string of the molecule is COc1ccc(COC(=O)NC(=O)c2cc3c(Oc4ccc(NC(=O)NC5CC5)c(Cl)c4)ccnc3cc2OC)cc1OP(=O)(N[C@@H](C)C(=O)O)N[C@@H](C)C(=O)OC(C)C. The zero-order valence-corrected chi connectivity index (χ0v) is 35.0. The molecule has 1 aromatic heterocycles. The molecule has 6 N–H and O–H groups in total. The molecule has 1 aliphatic carbocycles. The van der Waals surface area contributed by atoms with E-state index in [-0.39, 0.29) is 51.2 Å². The van der Waals surface area contributed by atoms with E-state index in [0.29, 0.717) is 22.3 Å². The number of rotatable bonds is 18. The Bertz CT molecular complexity index is 2330. The molecule has 0 bridgehead atoms. The van der Waals surface area contributed by atoms with Crippen LogP contribution in [0.25, 0.3) is 10.9 Å². The third-order valence-corrected chi connectivity index (χ3v) is 10.7. The number of benzene rings is 3. The minimum Gasteiger partial charge on any atom is -0.496 e. The Morgan fingerprint density at radius 1 is 0.883 bits per heavy atom. The molecule has 0 radical (unpaired) electrons. The van der Waals surface area contributed by atoms with Crippen molar-refractivity contribution in [2.45, 2.75) is 71.4 Å². The fourth-order valence-electron chi connectivity index (χ4n) is 5.35. The number of carbonyl (C=O) groups excluding carboxylic acids is 4. The number of nitrogens with zero attached hydrogens (tertiary/aromatic N) is 1. The van der Waals surface area contributed by atoms with Gasteiger partial charge in [0.15, 0.2) is 11.5 Å². The Labute approximate surface area is 349 Å². The molecule has 1 aliphatic rings. The van der Waals surface area contributed by atoms with Crippen LogP contribution in [0.1, 0.15) is 56.5 Å². The van der Waals surface area contributed by atoms with Crippen molar-refractivity contribution in [3.05, 3.63) is 76.9 Å². The number of imide groups is 1. The van der Waals surface area contributed by atoms with E-state index in [2.05, 4.69) is 31.1 Å². The number of carbonyl (C=O) groups is 5. The lowest BCUT2D eigenvalue weighted by molar-refractivity contribution is -0.149. The van der Waals surface area contributed by atoms with E-state index in [1.165, 1.54) is 70.7 Å². The molecule has 5 rings (SSSR count). The highest BCUT2D eigenvalue weighted by Crippen LogP contribution is 2.44. The smallest absolute Gasteiger partial charge is 0.414 e. The van der Waals surface area contributed by atoms with Gasteiger partial charge in [-0.05, 0) is 82.5 Å². The van der Waals surface area contributed by atoms with Crippen LogP contribution in [0.3, 0.4) is 0 Å². The van der Waals surface area contributed by atoms with Gasteiger partial charge in [0.25, 0.3) is 5.91 Å². The molecule has 3 aromatic carbocycles. The third kappa shape index (κ3) is 12.2. The van der Waals surface area contributed by atoms with Crippen LogP contribution in [-0.4, -0.2) is 78.5 Å². The van der Waals surface area contributed by atoms with Gasteiger partial charge in [-0.1, -0.05) is 17.7 Å². The van der Waals surface area contributed by atoms with Crippen molar-refractivity contribution >= 4 is 65.8 Å². The van der Waals surface area contributed by atoms with E-state index in [0.717, 1.165) is 12.8 Å². The van der Waals surface area contributed by atoms with Gasteiger partial charge in [-0.25, -0.2) is 24.3 Å². The van der Waals surface area contributed by atoms with Gasteiger partial charge >= 0.3 is 31.7 Å². The summed E-state index contributed by atoms with van der Waals surface area (Å²) in [5.41, 5.74) is 1.00. The summed E-state index contributed by atoms with van der Waals surface area (Å²) >= 11 is 6.43. The monoisotopic (exact) mass is 870 g/mol. The molecular weight excluding hydrogens is 827 g/mol. The standard InChI is InChI=1S/C39H44ClN6O13P/c1-20(2)57-37(50)22(4)46-60(53,45-21(3)36(48)49)59-34-15-23(7-12-32(34)54-5)19-56-39(52)44-35(47)27-17-26-30(18-33(27)55-6)41-14-13-31(26)58-25-10-11-29(28(40)16-25)43-38(51)42-24-8-9-24/h7,10-18,20-22,24H,8-9,19H2,1-6H3,(H,48,49)(H2,42,43,51)(H,44,47,52)(H2,45,46,53)/t21-,22-,60?/m0/s1. The number of esters is 1. The first kappa shape index (κ1) is 45.0. The number of halogens is 1. The van der Waals surface area contributed by atoms with Gasteiger partial charge < -0.3 is 43.9 Å². The molecule has 1 saturated carbocycles. The van der Waals surface area contributed by atoms with Crippen LogP contribution >= 0.6 is 19.3 Å². The number of hydrogen-bond donors (Lipinski definition) is 6. The van der Waals surface area contributed by atoms with E-state index in [9.17, 15) is 33.6 Å². The Hall–Kier alpha value is -6.14. The largest absolute Gasteiger partial charge is 0.496 e. The maximum absolute atomic E-state index is 14.0. The molecule has 320 valence electrons. The number of pyridine rings is 1. The minimum atomic E-state index is -4.39. The summed E-state index contributed by atoms with van der Waals surface area (Å²) in [6.45, 7) is 5.42. The van der Waals surface area contributed by atoms with E-state index in [1.807, 2.05) is 0 Å². The minimum absolute atomic E-state index is 0.0583. The Morgan fingerprint density at radius 3 is 2.25 bits per heavy atom. The zero-order chi connectivity index (χ0) is 43.7. The number of aromatic nitrogens is 1. The molecule has 0 spiro atoms. The number of alkyl carbamates (subject to hydrolysis) is 1. The van der Waals surface area contributed by atoms with Crippen molar-refractivity contribution in [3.8, 4) is 28.7 Å². The van der Waals surface area contributed by atoms with Crippen LogP contribution < -0.4 is 44.9 Å². The number of amides is 4. The van der Waals surface area contributed by atoms with Crippen molar-refractivity contribution in [3.63, 3.8) is 0 Å². The van der Waals surface area contributed by atoms with Crippen LogP contribution in [0, 0.1) is 0 Å². The molecule has 1 unspecified atom stereocenters. The summed E-state index contributed by atoms with van der Waals surface area (Å²) in [4.78, 5) is 67.1. The number of fused-ring (bicyclic) bond motifs is 1. The van der Waals surface area contributed by atoms with Crippen molar-refractivity contribution in [1.29, 1.82) is 0 Å². The second-order valence-corrected chi connectivity index (χ2v) is 15.9. The van der Waals surface area contributed by atoms with Crippen LogP contribution in [0.4, 0.5) is 15.3 Å². The number of carboxylic acid groups (broad SMARTS) is 1. The Morgan fingerprint density at radius 2 is 1.60 bits per heavy atom. The summed E-state index contributed by atoms with van der Waals surface area (Å²) in [7, 11) is -1.74. The molecule has 19 nitrogen and oxygen atoms in total. The molecule has 21 heteroatoms. The van der Waals surface area contributed by atoms with Gasteiger partial charge in [0.1, 0.15) is 35.9 Å². The van der Waals surface area contributed by atoms with Crippen LogP contribution in [0.2, 0.25) is 5.02 Å². The van der Waals surface area contributed by atoms with Crippen molar-refractivity contribution < 1.29 is 61.9 Å². The van der Waals surface area contributed by atoms with Crippen LogP contribution in [-0.2, 0) is 30.2 Å². The lowest BCUT2D eigenvalue weighted by atomic mass is 10.1. The van der Waals surface area contributed by atoms with Gasteiger partial charge in [0.05, 0.1) is 42.1 Å². The summed E-state index contributed by atoms with van der Waals surface area (Å²) < 4.78 is 47.1. The second-order valence-electron chi connectivity index (χ2n) is 13.7. The van der Waals surface area contributed by atoms with Crippen molar-refractivity contribution in [1.82, 2.24) is 25.8 Å². The first-order valence-corrected chi connectivity index (χ1v) is 20.4. The maximum atomic E-state index is 14.0. The quantitative estimate of drug-likeness (QED) is 0.0459. The fraction of sp³-hybridized carbons (Fsp3) is 0.333. The summed E-state index contributed by atoms with van der Waals surface area (Å²) in [6, 6.07) is 10.6. The highest BCUT2D eigenvalue weighted by atomic mass is 35.5. The molecular formula is C39H44ClN6O13P. The van der Waals surface area contributed by atoms with E-state index in [4.69, 9.17) is 39.8 Å². The Kier molecular flexibility index (Phi) is 14.8. The molecule has 60 heavy (non-hydrogen) atoms. The zero-order valence-electron chi connectivity index (χ0n) is 33.3. The van der Waals surface area contributed by atoms with E-state index < -0.39 is 56.4 Å². The van der Waals surface area contributed by atoms with E-state index >= 15 is 0 Å². The number of methoxy groups -OCH3 is 2. The van der Waals surface area contributed by atoms with Crippen molar-refractivity contribution in [2.75, 3.05) is 19.5 Å². The normalized spacial score (nSPS) is 14.2. The van der Waals surface area contributed by atoms with Gasteiger partial charge in [-0.15, -0.1) is 0 Å². The van der Waals surface area contributed by atoms with Gasteiger partial charge in [0.2, 0.25) is 0 Å². The van der Waals surface area contributed by atoms with E-state index in [1.54, 1.807) is 32.0 Å². The molecule has 3 atom stereocenters. The highest BCUT2D eigenvalue weighted by molar-refractivity contribution is 7.55. The Balaban J connectivity index is 1.28. The highest BCUT2D eigenvalue weighted by Gasteiger charge is 2.35. The summed E-state index contributed by atoms with van der Waals surface area (Å²) in [5.74, 6) is -2.40. The molecule has 1 heterocycles. The number of ether oxygens (including phenoxy) is 5. The summed E-state index contributed by atoms with van der Waals surface area (Å²) in [6.07, 6.45) is 1.74. The molecule has 4 amide bonds. The average molecular weight is 871 g/mol. The molecule has 1 fully saturated rings. The number of anilines is 1. The van der Waals surface area contributed by atoms with Crippen LogP contribution in [0.15, 0.2) is 60.8 Å². The van der Waals surface area contributed by atoms with Crippen LogP contribution in [0.5, 0.6) is 28.7 Å². The lowest BCUT2D eigenvalue weighted by Crippen LogP contribution is -2.43. The number of nitrogens with one attached hydrogen (secondary N) is 5. The molecule has 0 aliphatic heterocycles. The molecule has 0 saturated heterocycles. The topological polar surface area (TPSA) is 251 Å². The number of hydrogen-bond acceptors (Lipinski definition) is 13. The second kappa shape index (κ2) is 19.7. The predicted molar refractivity (Wildman–Crippen MR) is 218 cm³/mol. The summed E-state index contributed by atoms with van der Waals surface area (Å²) in [5, 5.41) is 22.6.